The molecule has 1 heterocycles. The molecule has 3 rings (SSSR count). The first-order valence-electron chi connectivity index (χ1n) is 9.13. The van der Waals surface area contributed by atoms with Gasteiger partial charge >= 0.3 is 0 Å². The van der Waals surface area contributed by atoms with E-state index in [1.54, 1.807) is 23.6 Å². The minimum Gasteiger partial charge on any atom is -0.348 e. The van der Waals surface area contributed by atoms with Gasteiger partial charge in [-0.25, -0.2) is 17.7 Å². The summed E-state index contributed by atoms with van der Waals surface area (Å²) in [6.07, 6.45) is 1.52. The molecule has 1 amide bonds. The van der Waals surface area contributed by atoms with Crippen LogP contribution in [0.15, 0.2) is 65.0 Å². The van der Waals surface area contributed by atoms with Gasteiger partial charge in [0.05, 0.1) is 10.9 Å². The maximum Gasteiger partial charge on any atom is 0.266 e. The number of carbonyl (C=O) groups is 1. The summed E-state index contributed by atoms with van der Waals surface area (Å²) in [6.45, 7) is 5.58. The van der Waals surface area contributed by atoms with Gasteiger partial charge in [-0.05, 0) is 49.6 Å². The SMILES string of the molecule is Cc1ccc(C(C)NC(=O)CN(c2nccs2)S(=O)(=O)c2ccccc2)cc1C. The monoisotopic (exact) mass is 429 g/mol. The van der Waals surface area contributed by atoms with Crippen molar-refractivity contribution in [1.82, 2.24) is 10.3 Å². The fraction of sp³-hybridized carbons (Fsp3) is 0.238. The van der Waals surface area contributed by atoms with Crippen molar-refractivity contribution < 1.29 is 13.2 Å². The Balaban J connectivity index is 1.81. The Bertz CT molecular complexity index is 1080. The van der Waals surface area contributed by atoms with Crippen LogP contribution in [0.4, 0.5) is 5.13 Å². The minimum atomic E-state index is -3.91. The molecule has 29 heavy (non-hydrogen) atoms. The maximum absolute atomic E-state index is 13.1. The molecule has 6 nitrogen and oxygen atoms in total. The lowest BCUT2D eigenvalue weighted by Gasteiger charge is -2.23. The molecule has 0 aliphatic rings. The van der Waals surface area contributed by atoms with E-state index in [0.717, 1.165) is 15.4 Å². The Morgan fingerprint density at radius 3 is 2.48 bits per heavy atom. The summed E-state index contributed by atoms with van der Waals surface area (Å²) in [5, 5.41) is 4.82. The second kappa shape index (κ2) is 8.75. The molecule has 1 aromatic heterocycles. The van der Waals surface area contributed by atoms with Crippen LogP contribution in [0.5, 0.6) is 0 Å². The van der Waals surface area contributed by atoms with Crippen LogP contribution in [0.1, 0.15) is 29.7 Å². The molecule has 3 aromatic rings. The average molecular weight is 430 g/mol. The van der Waals surface area contributed by atoms with Crippen molar-refractivity contribution in [2.75, 3.05) is 10.8 Å². The third-order valence-corrected chi connectivity index (χ3v) is 7.32. The van der Waals surface area contributed by atoms with E-state index in [4.69, 9.17) is 0 Å². The number of nitrogens with zero attached hydrogens (tertiary/aromatic N) is 2. The average Bonchev–Trinajstić information content (AvgIpc) is 3.23. The van der Waals surface area contributed by atoms with Gasteiger partial charge in [-0.2, -0.15) is 0 Å². The molecular weight excluding hydrogens is 406 g/mol. The zero-order valence-electron chi connectivity index (χ0n) is 16.5. The van der Waals surface area contributed by atoms with Gasteiger partial charge < -0.3 is 5.32 Å². The Hall–Kier alpha value is -2.71. The number of carbonyl (C=O) groups excluding carboxylic acids is 1. The summed E-state index contributed by atoms with van der Waals surface area (Å²) >= 11 is 1.17. The number of benzene rings is 2. The van der Waals surface area contributed by atoms with Crippen molar-refractivity contribution in [3.8, 4) is 0 Å². The van der Waals surface area contributed by atoms with Gasteiger partial charge in [0.15, 0.2) is 5.13 Å². The molecule has 0 aliphatic heterocycles. The first kappa shape index (κ1) is 21.0. The van der Waals surface area contributed by atoms with Gasteiger partial charge in [-0.3, -0.25) is 4.79 Å². The maximum atomic E-state index is 13.1. The van der Waals surface area contributed by atoms with Gasteiger partial charge in [0.25, 0.3) is 10.0 Å². The predicted molar refractivity (Wildman–Crippen MR) is 116 cm³/mol. The quantitative estimate of drug-likeness (QED) is 0.619. The summed E-state index contributed by atoms with van der Waals surface area (Å²) in [5.74, 6) is -0.398. The molecule has 2 aromatic carbocycles. The van der Waals surface area contributed by atoms with Crippen molar-refractivity contribution in [3.05, 3.63) is 76.8 Å². The van der Waals surface area contributed by atoms with E-state index in [1.165, 1.54) is 35.2 Å². The topological polar surface area (TPSA) is 79.4 Å². The van der Waals surface area contributed by atoms with E-state index < -0.39 is 15.9 Å². The number of aryl methyl sites for hydroxylation is 2. The fourth-order valence-corrected chi connectivity index (χ4v) is 5.12. The van der Waals surface area contributed by atoms with Crippen molar-refractivity contribution in [2.45, 2.75) is 31.7 Å². The van der Waals surface area contributed by atoms with Crippen LogP contribution in [0.2, 0.25) is 0 Å². The molecule has 1 N–H and O–H groups in total. The molecular formula is C21H23N3O3S2. The lowest BCUT2D eigenvalue weighted by atomic mass is 10.0. The van der Waals surface area contributed by atoms with E-state index in [9.17, 15) is 13.2 Å². The smallest absolute Gasteiger partial charge is 0.266 e. The summed E-state index contributed by atoms with van der Waals surface area (Å²) in [4.78, 5) is 16.9. The molecule has 8 heteroatoms. The van der Waals surface area contributed by atoms with Crippen molar-refractivity contribution in [3.63, 3.8) is 0 Å². The van der Waals surface area contributed by atoms with Gasteiger partial charge in [0, 0.05) is 11.6 Å². The van der Waals surface area contributed by atoms with Crippen LogP contribution >= 0.6 is 11.3 Å². The molecule has 0 saturated heterocycles. The molecule has 0 saturated carbocycles. The first-order valence-corrected chi connectivity index (χ1v) is 11.4. The Labute approximate surface area is 175 Å². The summed E-state index contributed by atoms with van der Waals surface area (Å²) in [6, 6.07) is 13.8. The number of aromatic nitrogens is 1. The van der Waals surface area contributed by atoms with Crippen molar-refractivity contribution >= 4 is 32.4 Å². The third kappa shape index (κ3) is 4.83. The number of hydrogen-bond acceptors (Lipinski definition) is 5. The highest BCUT2D eigenvalue weighted by molar-refractivity contribution is 7.93. The number of anilines is 1. The number of hydrogen-bond donors (Lipinski definition) is 1. The van der Waals surface area contributed by atoms with Gasteiger partial charge in [0.2, 0.25) is 5.91 Å². The second-order valence-electron chi connectivity index (χ2n) is 6.77. The van der Waals surface area contributed by atoms with E-state index in [0.29, 0.717) is 0 Å². The Morgan fingerprint density at radius 2 is 1.86 bits per heavy atom. The Kier molecular flexibility index (Phi) is 6.34. The fourth-order valence-electron chi connectivity index (χ4n) is 2.85. The standard InChI is InChI=1S/C21H23N3O3S2/c1-15-9-10-18(13-16(15)2)17(3)23-20(25)14-24(21-22-11-12-28-21)29(26,27)19-7-5-4-6-8-19/h4-13,17H,14H2,1-3H3,(H,23,25). The normalized spacial score (nSPS) is 12.4. The zero-order chi connectivity index (χ0) is 21.0. The number of amides is 1. The van der Waals surface area contributed by atoms with Crippen molar-refractivity contribution in [1.29, 1.82) is 0 Å². The van der Waals surface area contributed by atoms with Gasteiger partial charge in [-0.1, -0.05) is 36.4 Å². The van der Waals surface area contributed by atoms with Crippen molar-refractivity contribution in [2.24, 2.45) is 0 Å². The predicted octanol–water partition coefficient (Wildman–Crippen LogP) is 3.83. The van der Waals surface area contributed by atoms with Gasteiger partial charge in [0.1, 0.15) is 6.54 Å². The van der Waals surface area contributed by atoms with Crippen LogP contribution in [0.3, 0.4) is 0 Å². The molecule has 0 bridgehead atoms. The third-order valence-electron chi connectivity index (χ3n) is 4.66. The molecule has 152 valence electrons. The largest absolute Gasteiger partial charge is 0.348 e. The number of rotatable bonds is 7. The number of nitrogens with one attached hydrogen (secondary N) is 1. The molecule has 0 radical (unpaired) electrons. The lowest BCUT2D eigenvalue weighted by molar-refractivity contribution is -0.120. The zero-order valence-corrected chi connectivity index (χ0v) is 18.1. The minimum absolute atomic E-state index is 0.116. The molecule has 0 aliphatic carbocycles. The number of sulfonamides is 1. The van der Waals surface area contributed by atoms with E-state index in [-0.39, 0.29) is 22.6 Å². The van der Waals surface area contributed by atoms with E-state index in [2.05, 4.69) is 10.3 Å². The highest BCUT2D eigenvalue weighted by Crippen LogP contribution is 2.25. The van der Waals surface area contributed by atoms with Crippen LogP contribution in [0, 0.1) is 13.8 Å². The van der Waals surface area contributed by atoms with E-state index >= 15 is 0 Å². The molecule has 0 spiro atoms. The summed E-state index contributed by atoms with van der Waals surface area (Å²) in [7, 11) is -3.91. The molecule has 1 atom stereocenters. The first-order chi connectivity index (χ1) is 13.8. The molecule has 0 fully saturated rings. The second-order valence-corrected chi connectivity index (χ2v) is 9.51. The highest BCUT2D eigenvalue weighted by atomic mass is 32.2. The lowest BCUT2D eigenvalue weighted by Crippen LogP contribution is -2.41. The van der Waals surface area contributed by atoms with E-state index in [1.807, 2.05) is 39.0 Å². The highest BCUT2D eigenvalue weighted by Gasteiger charge is 2.29. The van der Waals surface area contributed by atoms with Crippen LogP contribution in [-0.2, 0) is 14.8 Å². The van der Waals surface area contributed by atoms with Gasteiger partial charge in [-0.15, -0.1) is 11.3 Å². The van der Waals surface area contributed by atoms with Crippen LogP contribution in [0.25, 0.3) is 0 Å². The molecule has 1 unspecified atom stereocenters. The Morgan fingerprint density at radius 1 is 1.14 bits per heavy atom. The summed E-state index contributed by atoms with van der Waals surface area (Å²) in [5.41, 5.74) is 3.28. The number of thiazole rings is 1. The van der Waals surface area contributed by atoms with Crippen LogP contribution in [-0.4, -0.2) is 25.9 Å². The summed E-state index contributed by atoms with van der Waals surface area (Å²) < 4.78 is 27.3. The van der Waals surface area contributed by atoms with Crippen LogP contribution < -0.4 is 9.62 Å².